The van der Waals surface area contributed by atoms with Crippen molar-refractivity contribution < 1.29 is 9.63 Å². The second-order valence-corrected chi connectivity index (χ2v) is 5.03. The van der Waals surface area contributed by atoms with Crippen LogP contribution in [0.25, 0.3) is 0 Å². The minimum atomic E-state index is -0.342. The van der Waals surface area contributed by atoms with Crippen LogP contribution in [-0.2, 0) is 16.1 Å². The first kappa shape index (κ1) is 11.2. The van der Waals surface area contributed by atoms with Crippen LogP contribution in [0, 0.1) is 0 Å². The summed E-state index contributed by atoms with van der Waals surface area (Å²) >= 11 is 1.57. The van der Waals surface area contributed by atoms with E-state index >= 15 is 0 Å². The van der Waals surface area contributed by atoms with Gasteiger partial charge in [-0.25, -0.2) is 5.48 Å². The van der Waals surface area contributed by atoms with Crippen LogP contribution in [0.3, 0.4) is 0 Å². The highest BCUT2D eigenvalue weighted by Gasteiger charge is 2.12. The number of hydrogen-bond donors (Lipinski definition) is 1. The molecule has 4 heteroatoms. The van der Waals surface area contributed by atoms with Gasteiger partial charge in [-0.2, -0.15) is 0 Å². The maximum Gasteiger partial charge on any atom is 0.248 e. The van der Waals surface area contributed by atoms with Gasteiger partial charge in [0.1, 0.15) is 0 Å². The Morgan fingerprint density at radius 1 is 1.57 bits per heavy atom. The SMILES string of the molecule is CC(C)(C)ONC(=O)Cc1cccs1. The number of nitrogens with one attached hydrogen (secondary N) is 1. The predicted octanol–water partition coefficient (Wildman–Crippen LogP) is 2.14. The summed E-state index contributed by atoms with van der Waals surface area (Å²) < 4.78 is 0. The molecular weight excluding hydrogens is 198 g/mol. The molecule has 0 aromatic carbocycles. The third-order valence-corrected chi connectivity index (χ3v) is 2.26. The van der Waals surface area contributed by atoms with Gasteiger partial charge in [0, 0.05) is 4.88 Å². The molecule has 3 nitrogen and oxygen atoms in total. The maximum atomic E-state index is 11.3. The fraction of sp³-hybridized carbons (Fsp3) is 0.500. The molecule has 0 aliphatic rings. The van der Waals surface area contributed by atoms with Crippen molar-refractivity contribution in [2.24, 2.45) is 0 Å². The molecule has 1 rings (SSSR count). The predicted molar refractivity (Wildman–Crippen MR) is 57.0 cm³/mol. The molecule has 1 aromatic rings. The largest absolute Gasteiger partial charge is 0.272 e. The molecule has 0 saturated heterocycles. The summed E-state index contributed by atoms with van der Waals surface area (Å²) in [7, 11) is 0. The zero-order valence-corrected chi connectivity index (χ0v) is 9.48. The Hall–Kier alpha value is -0.870. The first-order valence-electron chi connectivity index (χ1n) is 4.46. The molecule has 0 spiro atoms. The van der Waals surface area contributed by atoms with Crippen LogP contribution in [0.5, 0.6) is 0 Å². The molecule has 78 valence electrons. The van der Waals surface area contributed by atoms with Gasteiger partial charge in [0.25, 0.3) is 0 Å². The zero-order chi connectivity index (χ0) is 10.6. The monoisotopic (exact) mass is 213 g/mol. The van der Waals surface area contributed by atoms with Crippen LogP contribution in [0.15, 0.2) is 17.5 Å². The van der Waals surface area contributed by atoms with E-state index in [0.717, 1.165) is 4.88 Å². The highest BCUT2D eigenvalue weighted by molar-refractivity contribution is 7.10. The van der Waals surface area contributed by atoms with E-state index in [9.17, 15) is 4.79 Å². The Kier molecular flexibility index (Phi) is 3.66. The molecular formula is C10H15NO2S. The van der Waals surface area contributed by atoms with Crippen molar-refractivity contribution in [2.75, 3.05) is 0 Å². The molecule has 0 unspecified atom stereocenters. The lowest BCUT2D eigenvalue weighted by atomic mass is 10.2. The molecule has 14 heavy (non-hydrogen) atoms. The van der Waals surface area contributed by atoms with E-state index in [0.29, 0.717) is 6.42 Å². The summed E-state index contributed by atoms with van der Waals surface area (Å²) in [6, 6.07) is 3.86. The molecule has 0 aliphatic carbocycles. The maximum absolute atomic E-state index is 11.3. The summed E-state index contributed by atoms with van der Waals surface area (Å²) in [6.45, 7) is 5.66. The Balaban J connectivity index is 2.30. The molecule has 0 aliphatic heterocycles. The lowest BCUT2D eigenvalue weighted by molar-refractivity contribution is -0.144. The normalized spacial score (nSPS) is 11.4. The van der Waals surface area contributed by atoms with E-state index in [2.05, 4.69) is 5.48 Å². The van der Waals surface area contributed by atoms with Crippen molar-refractivity contribution in [3.05, 3.63) is 22.4 Å². The summed E-state index contributed by atoms with van der Waals surface area (Å²) in [5, 5.41) is 1.95. The highest BCUT2D eigenvalue weighted by Crippen LogP contribution is 2.09. The van der Waals surface area contributed by atoms with Gasteiger partial charge in [0.2, 0.25) is 5.91 Å². The average Bonchev–Trinajstić information content (AvgIpc) is 2.52. The molecule has 0 atom stereocenters. The van der Waals surface area contributed by atoms with Crippen LogP contribution < -0.4 is 5.48 Å². The zero-order valence-electron chi connectivity index (χ0n) is 8.66. The number of hydroxylamine groups is 1. The minimum Gasteiger partial charge on any atom is -0.272 e. The fourth-order valence-electron chi connectivity index (χ4n) is 0.818. The number of thiophene rings is 1. The van der Waals surface area contributed by atoms with Gasteiger partial charge in [-0.3, -0.25) is 9.63 Å². The summed E-state index contributed by atoms with van der Waals surface area (Å²) in [5.74, 6) is -0.109. The van der Waals surface area contributed by atoms with Crippen molar-refractivity contribution >= 4 is 17.2 Å². The number of carbonyl (C=O) groups is 1. The summed E-state index contributed by atoms with van der Waals surface area (Å²) in [4.78, 5) is 17.5. The molecule has 0 saturated carbocycles. The van der Waals surface area contributed by atoms with Crippen molar-refractivity contribution in [2.45, 2.75) is 32.8 Å². The number of hydrogen-bond acceptors (Lipinski definition) is 3. The molecule has 0 bridgehead atoms. The van der Waals surface area contributed by atoms with Gasteiger partial charge in [-0.15, -0.1) is 11.3 Å². The average molecular weight is 213 g/mol. The van der Waals surface area contributed by atoms with Crippen LogP contribution >= 0.6 is 11.3 Å². The van der Waals surface area contributed by atoms with Gasteiger partial charge in [0.15, 0.2) is 0 Å². The number of rotatable bonds is 3. The Bertz CT molecular complexity index is 288. The van der Waals surface area contributed by atoms with Crippen molar-refractivity contribution in [1.82, 2.24) is 5.48 Å². The second-order valence-electron chi connectivity index (χ2n) is 4.00. The smallest absolute Gasteiger partial charge is 0.248 e. The molecule has 0 radical (unpaired) electrons. The molecule has 0 fully saturated rings. The molecule has 1 N–H and O–H groups in total. The summed E-state index contributed by atoms with van der Waals surface area (Å²) in [6.07, 6.45) is 0.383. The van der Waals surface area contributed by atoms with Crippen LogP contribution in [0.4, 0.5) is 0 Å². The number of carbonyl (C=O) groups excluding carboxylic acids is 1. The first-order chi connectivity index (χ1) is 6.47. The Morgan fingerprint density at radius 2 is 2.29 bits per heavy atom. The highest BCUT2D eigenvalue weighted by atomic mass is 32.1. The molecule has 1 amide bonds. The van der Waals surface area contributed by atoms with E-state index < -0.39 is 0 Å². The van der Waals surface area contributed by atoms with Gasteiger partial charge in [0.05, 0.1) is 12.0 Å². The van der Waals surface area contributed by atoms with Gasteiger partial charge >= 0.3 is 0 Å². The van der Waals surface area contributed by atoms with Crippen molar-refractivity contribution in [1.29, 1.82) is 0 Å². The first-order valence-corrected chi connectivity index (χ1v) is 5.34. The van der Waals surface area contributed by atoms with Gasteiger partial charge < -0.3 is 0 Å². The Labute approximate surface area is 88.0 Å². The third-order valence-electron chi connectivity index (χ3n) is 1.39. The Morgan fingerprint density at radius 3 is 2.79 bits per heavy atom. The third kappa shape index (κ3) is 4.39. The van der Waals surface area contributed by atoms with Crippen LogP contribution in [-0.4, -0.2) is 11.5 Å². The second kappa shape index (κ2) is 4.57. The lowest BCUT2D eigenvalue weighted by Gasteiger charge is -2.18. The van der Waals surface area contributed by atoms with Gasteiger partial charge in [-0.05, 0) is 32.2 Å². The molecule has 1 heterocycles. The standard InChI is InChI=1S/C10H15NO2S/c1-10(2,3)13-11-9(12)7-8-5-4-6-14-8/h4-6H,7H2,1-3H3,(H,11,12). The van der Waals surface area contributed by atoms with E-state index in [-0.39, 0.29) is 11.5 Å². The quantitative estimate of drug-likeness (QED) is 0.781. The van der Waals surface area contributed by atoms with Crippen LogP contribution in [0.2, 0.25) is 0 Å². The molecule has 1 aromatic heterocycles. The van der Waals surface area contributed by atoms with Crippen LogP contribution in [0.1, 0.15) is 25.6 Å². The number of amides is 1. The minimum absolute atomic E-state index is 0.109. The van der Waals surface area contributed by atoms with Gasteiger partial charge in [-0.1, -0.05) is 6.07 Å². The van der Waals surface area contributed by atoms with Crippen molar-refractivity contribution in [3.63, 3.8) is 0 Å². The summed E-state index contributed by atoms with van der Waals surface area (Å²) in [5.41, 5.74) is 2.09. The fourth-order valence-corrected chi connectivity index (χ4v) is 1.52. The topological polar surface area (TPSA) is 38.3 Å². The van der Waals surface area contributed by atoms with E-state index in [1.54, 1.807) is 11.3 Å². The lowest BCUT2D eigenvalue weighted by Crippen LogP contribution is -2.34. The van der Waals surface area contributed by atoms with E-state index in [1.165, 1.54) is 0 Å². The van der Waals surface area contributed by atoms with Crippen molar-refractivity contribution in [3.8, 4) is 0 Å². The van der Waals surface area contributed by atoms with E-state index in [1.807, 2.05) is 38.3 Å². The van der Waals surface area contributed by atoms with E-state index in [4.69, 9.17) is 4.84 Å².